The molecule has 0 unspecified atom stereocenters. The van der Waals surface area contributed by atoms with E-state index < -0.39 is 10.7 Å². The lowest BCUT2D eigenvalue weighted by molar-refractivity contribution is 0.614. The molecule has 1 aromatic rings. The number of nitriles is 1. The lowest BCUT2D eigenvalue weighted by atomic mass is 10.1. The molecule has 0 bridgehead atoms. The Bertz CT molecular complexity index is 422. The number of aryl methyl sites for hydroxylation is 1. The number of hydrogen-bond donors (Lipinski definition) is 1. The van der Waals surface area contributed by atoms with E-state index in [1.165, 1.54) is 0 Å². The Hall–Kier alpha value is -1.34. The summed E-state index contributed by atoms with van der Waals surface area (Å²) in [5, 5.41) is 8.68. The van der Waals surface area contributed by atoms with Crippen molar-refractivity contribution in [3.63, 3.8) is 0 Å². The lowest BCUT2D eigenvalue weighted by Crippen LogP contribution is -1.92. The molecule has 1 rings (SSSR count). The highest BCUT2D eigenvalue weighted by Gasteiger charge is 2.02. The highest BCUT2D eigenvalue weighted by Crippen LogP contribution is 2.11. The molecule has 1 aromatic carbocycles. The average Bonchev–Trinajstić information content (AvgIpc) is 2.03. The minimum absolute atomic E-state index is 0.0556. The molecule has 0 N–H and O–H groups in total. The summed E-state index contributed by atoms with van der Waals surface area (Å²) < 4.78 is 21.0. The van der Waals surface area contributed by atoms with Crippen LogP contribution in [0.15, 0.2) is 18.2 Å². The van der Waals surface area contributed by atoms with Crippen molar-refractivity contribution in [2.75, 3.05) is 0 Å². The normalized spacial score (nSPS) is 9.92. The maximum Gasteiger partial charge on any atom is 0.144 e. The van der Waals surface area contributed by atoms with Crippen molar-refractivity contribution in [1.29, 1.82) is 5.26 Å². The van der Waals surface area contributed by atoms with Gasteiger partial charge in [-0.3, -0.25) is 0 Å². The van der Waals surface area contributed by atoms with Gasteiger partial charge in [0.15, 0.2) is 0 Å². The summed E-state index contributed by atoms with van der Waals surface area (Å²) in [4.78, 5) is 0. The topological polar surface area (TPSA) is 57.9 Å². The second-order valence-corrected chi connectivity index (χ2v) is 3.74. The third-order valence-electron chi connectivity index (χ3n) is 1.68. The highest BCUT2D eigenvalue weighted by atomic mass is 32.2. The third-order valence-corrected chi connectivity index (χ3v) is 2.28. The Morgan fingerprint density at radius 3 is 2.69 bits per heavy atom. The number of rotatable bonds is 2. The van der Waals surface area contributed by atoms with Gasteiger partial charge in [0.2, 0.25) is 0 Å². The van der Waals surface area contributed by atoms with E-state index in [2.05, 4.69) is 0 Å². The quantitative estimate of drug-likeness (QED) is 0.715. The van der Waals surface area contributed by atoms with Crippen molar-refractivity contribution in [3.05, 3.63) is 34.9 Å². The molecule has 0 aliphatic rings. The Morgan fingerprint density at radius 1 is 1.46 bits per heavy atom. The Balaban J connectivity index is 3.17. The highest BCUT2D eigenvalue weighted by molar-refractivity contribution is 7.71. The number of benzene rings is 1. The van der Waals surface area contributed by atoms with Crippen molar-refractivity contribution in [2.45, 2.75) is 12.7 Å². The summed E-state index contributed by atoms with van der Waals surface area (Å²) in [5.41, 5.74) is 1.98. The van der Waals surface area contributed by atoms with E-state index >= 15 is 0 Å². The minimum atomic E-state index is -2.46. The van der Waals surface area contributed by atoms with Gasteiger partial charge in [-0.1, -0.05) is 17.7 Å². The first-order chi connectivity index (χ1) is 6.13. The zero-order chi connectivity index (χ0) is 9.84. The minimum Gasteiger partial charge on any atom is -0.232 e. The van der Waals surface area contributed by atoms with E-state index in [-0.39, 0.29) is 5.75 Å². The first-order valence-electron chi connectivity index (χ1n) is 3.75. The summed E-state index contributed by atoms with van der Waals surface area (Å²) in [5.74, 6) is -0.0556. The molecule has 0 fully saturated rings. The molecule has 0 aromatic heterocycles. The maximum atomic E-state index is 10.5. The summed E-state index contributed by atoms with van der Waals surface area (Å²) in [6, 6.07) is 7.12. The second-order valence-electron chi connectivity index (χ2n) is 2.76. The fourth-order valence-corrected chi connectivity index (χ4v) is 1.64. The maximum absolute atomic E-state index is 10.5. The first kappa shape index (κ1) is 9.75. The Kier molecular flexibility index (Phi) is 3.04. The van der Waals surface area contributed by atoms with E-state index in [0.717, 1.165) is 5.56 Å². The predicted molar refractivity (Wildman–Crippen MR) is 49.9 cm³/mol. The average molecular weight is 195 g/mol. The van der Waals surface area contributed by atoms with Gasteiger partial charge in [-0.15, -0.1) is 0 Å². The molecule has 0 heterocycles. The zero-order valence-corrected chi connectivity index (χ0v) is 8.04. The molecule has 13 heavy (non-hydrogen) atoms. The van der Waals surface area contributed by atoms with Gasteiger partial charge in [0.1, 0.15) is 10.7 Å². The van der Waals surface area contributed by atoms with Crippen LogP contribution in [-0.2, 0) is 16.5 Å². The van der Waals surface area contributed by atoms with Crippen LogP contribution in [0.5, 0.6) is 0 Å². The SMILES string of the molecule is Cc1ccc(C#N)c(C[SH](=O)=O)c1. The van der Waals surface area contributed by atoms with Crippen LogP contribution >= 0.6 is 0 Å². The monoisotopic (exact) mass is 195 g/mol. The van der Waals surface area contributed by atoms with Gasteiger partial charge in [0.05, 0.1) is 17.4 Å². The molecule has 3 nitrogen and oxygen atoms in total. The smallest absolute Gasteiger partial charge is 0.144 e. The molecule has 0 aliphatic carbocycles. The van der Waals surface area contributed by atoms with Crippen molar-refractivity contribution in [1.82, 2.24) is 0 Å². The van der Waals surface area contributed by atoms with E-state index in [1.807, 2.05) is 13.0 Å². The van der Waals surface area contributed by atoms with Crippen LogP contribution in [0.1, 0.15) is 16.7 Å². The number of thiol groups is 1. The molecule has 0 aliphatic heterocycles. The van der Waals surface area contributed by atoms with Gasteiger partial charge in [0.25, 0.3) is 0 Å². The second kappa shape index (κ2) is 4.06. The van der Waals surface area contributed by atoms with E-state index in [9.17, 15) is 8.42 Å². The van der Waals surface area contributed by atoms with Crippen molar-refractivity contribution in [2.24, 2.45) is 0 Å². The lowest BCUT2D eigenvalue weighted by Gasteiger charge is -2.00. The molecule has 0 saturated carbocycles. The van der Waals surface area contributed by atoms with Gasteiger partial charge in [-0.2, -0.15) is 5.26 Å². The molecule has 4 heteroatoms. The molecule has 0 radical (unpaired) electrons. The summed E-state index contributed by atoms with van der Waals surface area (Å²) >= 11 is 0. The number of nitrogens with zero attached hydrogens (tertiary/aromatic N) is 1. The van der Waals surface area contributed by atoms with Crippen LogP contribution in [0.3, 0.4) is 0 Å². The van der Waals surface area contributed by atoms with E-state index in [1.54, 1.807) is 18.2 Å². The Labute approximate surface area is 78.6 Å². The molecule has 0 spiro atoms. The molecule has 0 saturated heterocycles. The molecule has 0 amide bonds. The van der Waals surface area contributed by atoms with Crippen molar-refractivity contribution < 1.29 is 8.42 Å². The van der Waals surface area contributed by atoms with Crippen LogP contribution in [0.2, 0.25) is 0 Å². The van der Waals surface area contributed by atoms with Gasteiger partial charge in [0, 0.05) is 0 Å². The molecular weight excluding hydrogens is 186 g/mol. The standard InChI is InChI=1S/C9H9NO2S/c1-7-2-3-8(5-10)9(4-7)6-13(11)12/h2-4,13H,6H2,1H3. The molecule has 68 valence electrons. The summed E-state index contributed by atoms with van der Waals surface area (Å²) in [7, 11) is -2.46. The van der Waals surface area contributed by atoms with Crippen LogP contribution in [-0.4, -0.2) is 8.42 Å². The fraction of sp³-hybridized carbons (Fsp3) is 0.222. The van der Waals surface area contributed by atoms with Crippen LogP contribution in [0.4, 0.5) is 0 Å². The third kappa shape index (κ3) is 2.56. The number of hydrogen-bond acceptors (Lipinski definition) is 3. The van der Waals surface area contributed by atoms with Crippen molar-refractivity contribution >= 4 is 10.7 Å². The van der Waals surface area contributed by atoms with Crippen LogP contribution in [0, 0.1) is 18.3 Å². The molecular formula is C9H9NO2S. The fourth-order valence-electron chi connectivity index (χ4n) is 1.10. The van der Waals surface area contributed by atoms with Gasteiger partial charge >= 0.3 is 0 Å². The molecule has 0 atom stereocenters. The van der Waals surface area contributed by atoms with Crippen LogP contribution < -0.4 is 0 Å². The zero-order valence-electron chi connectivity index (χ0n) is 7.15. The first-order valence-corrected chi connectivity index (χ1v) is 5.11. The van der Waals surface area contributed by atoms with Gasteiger partial charge in [-0.05, 0) is 18.6 Å². The van der Waals surface area contributed by atoms with Crippen molar-refractivity contribution in [3.8, 4) is 6.07 Å². The summed E-state index contributed by atoms with van der Waals surface area (Å²) in [6.07, 6.45) is 0. The van der Waals surface area contributed by atoms with Crippen LogP contribution in [0.25, 0.3) is 0 Å². The Morgan fingerprint density at radius 2 is 2.15 bits per heavy atom. The summed E-state index contributed by atoms with van der Waals surface area (Å²) in [6.45, 7) is 1.86. The van der Waals surface area contributed by atoms with Gasteiger partial charge in [-0.25, -0.2) is 8.42 Å². The van der Waals surface area contributed by atoms with E-state index in [0.29, 0.717) is 11.1 Å². The van der Waals surface area contributed by atoms with Gasteiger partial charge < -0.3 is 0 Å². The largest absolute Gasteiger partial charge is 0.232 e. The predicted octanol–water partition coefficient (Wildman–Crippen LogP) is 0.978. The van der Waals surface area contributed by atoms with E-state index in [4.69, 9.17) is 5.26 Å².